The van der Waals surface area contributed by atoms with E-state index in [1.807, 2.05) is 30.3 Å². The molecule has 1 aliphatic heterocycles. The molecule has 3 rings (SSSR count). The molecule has 5 heteroatoms. The lowest BCUT2D eigenvalue weighted by atomic mass is 10.1. The van der Waals surface area contributed by atoms with Gasteiger partial charge in [-0.1, -0.05) is 35.5 Å². The molecule has 1 saturated heterocycles. The first-order chi connectivity index (χ1) is 10.3. The standard InChI is InChI=1S/C16H21N3O2/c20-14-8-4-10-19(12-14)11-5-9-15-17-16(18-21-15)13-6-2-1-3-7-13/h1-3,6-7,14,20H,4-5,8-12H2. The van der Waals surface area contributed by atoms with Crippen LogP contribution in [0.2, 0.25) is 0 Å². The lowest BCUT2D eigenvalue weighted by Crippen LogP contribution is -2.38. The van der Waals surface area contributed by atoms with Gasteiger partial charge in [0.25, 0.3) is 0 Å². The van der Waals surface area contributed by atoms with Crippen LogP contribution in [0.4, 0.5) is 0 Å². The van der Waals surface area contributed by atoms with E-state index >= 15 is 0 Å². The van der Waals surface area contributed by atoms with Gasteiger partial charge in [-0.2, -0.15) is 4.98 Å². The third-order valence-corrected chi connectivity index (χ3v) is 3.85. The first kappa shape index (κ1) is 14.2. The van der Waals surface area contributed by atoms with Crippen molar-refractivity contribution in [1.29, 1.82) is 0 Å². The highest BCUT2D eigenvalue weighted by molar-refractivity contribution is 5.53. The molecule has 0 bridgehead atoms. The Morgan fingerprint density at radius 1 is 1.29 bits per heavy atom. The number of aromatic nitrogens is 2. The number of aliphatic hydroxyl groups is 1. The number of β-amino-alcohol motifs (C(OH)–C–C–N with tert-alkyl or cyclic N) is 1. The third kappa shape index (κ3) is 3.89. The Morgan fingerprint density at radius 2 is 2.14 bits per heavy atom. The Bertz CT molecular complexity index is 556. The van der Waals surface area contributed by atoms with E-state index in [-0.39, 0.29) is 6.10 Å². The van der Waals surface area contributed by atoms with E-state index in [2.05, 4.69) is 15.0 Å². The van der Waals surface area contributed by atoms with Crippen molar-refractivity contribution in [2.45, 2.75) is 31.8 Å². The maximum absolute atomic E-state index is 9.64. The molecule has 5 nitrogen and oxygen atoms in total. The SMILES string of the molecule is OC1CCCN(CCCc2nc(-c3ccccc3)no2)C1. The predicted molar refractivity (Wildman–Crippen MR) is 79.7 cm³/mol. The van der Waals surface area contributed by atoms with Crippen molar-refractivity contribution in [3.05, 3.63) is 36.2 Å². The molecule has 1 aromatic heterocycles. The minimum atomic E-state index is -0.160. The molecule has 0 aliphatic carbocycles. The molecule has 2 aromatic rings. The van der Waals surface area contributed by atoms with Crippen molar-refractivity contribution in [2.24, 2.45) is 0 Å². The number of hydrogen-bond acceptors (Lipinski definition) is 5. The number of benzene rings is 1. The number of aryl methyl sites for hydroxylation is 1. The van der Waals surface area contributed by atoms with Crippen LogP contribution in [0.3, 0.4) is 0 Å². The normalized spacial score (nSPS) is 19.8. The molecule has 1 atom stereocenters. The molecular formula is C16H21N3O2. The number of likely N-dealkylation sites (tertiary alicyclic amines) is 1. The molecule has 1 aliphatic rings. The van der Waals surface area contributed by atoms with Crippen LogP contribution >= 0.6 is 0 Å². The molecule has 1 fully saturated rings. The van der Waals surface area contributed by atoms with Crippen molar-refractivity contribution >= 4 is 0 Å². The average molecular weight is 287 g/mol. The van der Waals surface area contributed by atoms with Gasteiger partial charge in [-0.25, -0.2) is 0 Å². The largest absolute Gasteiger partial charge is 0.392 e. The molecule has 1 aromatic carbocycles. The van der Waals surface area contributed by atoms with Crippen molar-refractivity contribution in [2.75, 3.05) is 19.6 Å². The summed E-state index contributed by atoms with van der Waals surface area (Å²) in [5.74, 6) is 1.34. The Kier molecular flexibility index (Phi) is 4.62. The fourth-order valence-corrected chi connectivity index (χ4v) is 2.75. The van der Waals surface area contributed by atoms with Crippen molar-refractivity contribution < 1.29 is 9.63 Å². The summed E-state index contributed by atoms with van der Waals surface area (Å²) in [4.78, 5) is 6.74. The van der Waals surface area contributed by atoms with Gasteiger partial charge in [0.15, 0.2) is 0 Å². The Hall–Kier alpha value is -1.72. The van der Waals surface area contributed by atoms with Crippen LogP contribution in [0.25, 0.3) is 11.4 Å². The summed E-state index contributed by atoms with van der Waals surface area (Å²) in [6, 6.07) is 9.85. The topological polar surface area (TPSA) is 62.4 Å². The van der Waals surface area contributed by atoms with Crippen LogP contribution < -0.4 is 0 Å². The third-order valence-electron chi connectivity index (χ3n) is 3.85. The molecule has 1 N–H and O–H groups in total. The van der Waals surface area contributed by atoms with E-state index in [9.17, 15) is 5.11 Å². The smallest absolute Gasteiger partial charge is 0.227 e. The van der Waals surface area contributed by atoms with Crippen LogP contribution in [0, 0.1) is 0 Å². The van der Waals surface area contributed by atoms with Crippen LogP contribution in [0.5, 0.6) is 0 Å². The van der Waals surface area contributed by atoms with E-state index in [4.69, 9.17) is 4.52 Å². The fourth-order valence-electron chi connectivity index (χ4n) is 2.75. The Balaban J connectivity index is 1.49. The van der Waals surface area contributed by atoms with Crippen molar-refractivity contribution in [3.8, 4) is 11.4 Å². The number of nitrogens with zero attached hydrogens (tertiary/aromatic N) is 3. The molecule has 112 valence electrons. The summed E-state index contributed by atoms with van der Waals surface area (Å²) in [7, 11) is 0. The van der Waals surface area contributed by atoms with Gasteiger partial charge in [-0.15, -0.1) is 0 Å². The first-order valence-corrected chi connectivity index (χ1v) is 7.60. The van der Waals surface area contributed by atoms with E-state index in [0.29, 0.717) is 11.7 Å². The van der Waals surface area contributed by atoms with Gasteiger partial charge < -0.3 is 14.5 Å². The number of aliphatic hydroxyl groups excluding tert-OH is 1. The summed E-state index contributed by atoms with van der Waals surface area (Å²) in [6.07, 6.45) is 3.61. The van der Waals surface area contributed by atoms with E-state index in [1.165, 1.54) is 0 Å². The zero-order valence-electron chi connectivity index (χ0n) is 12.1. The minimum absolute atomic E-state index is 0.160. The fraction of sp³-hybridized carbons (Fsp3) is 0.500. The van der Waals surface area contributed by atoms with Crippen LogP contribution in [0.1, 0.15) is 25.2 Å². The highest BCUT2D eigenvalue weighted by Crippen LogP contribution is 2.16. The first-order valence-electron chi connectivity index (χ1n) is 7.60. The van der Waals surface area contributed by atoms with Crippen molar-refractivity contribution in [3.63, 3.8) is 0 Å². The van der Waals surface area contributed by atoms with Gasteiger partial charge in [0, 0.05) is 18.5 Å². The molecule has 2 heterocycles. The molecule has 0 saturated carbocycles. The van der Waals surface area contributed by atoms with Crippen LogP contribution in [-0.4, -0.2) is 45.9 Å². The maximum Gasteiger partial charge on any atom is 0.227 e. The molecule has 0 radical (unpaired) electrons. The maximum atomic E-state index is 9.64. The van der Waals surface area contributed by atoms with Gasteiger partial charge >= 0.3 is 0 Å². The minimum Gasteiger partial charge on any atom is -0.392 e. The second-order valence-electron chi connectivity index (χ2n) is 5.58. The second kappa shape index (κ2) is 6.83. The van der Waals surface area contributed by atoms with Crippen LogP contribution in [-0.2, 0) is 6.42 Å². The highest BCUT2D eigenvalue weighted by atomic mass is 16.5. The van der Waals surface area contributed by atoms with Gasteiger partial charge in [-0.3, -0.25) is 0 Å². The summed E-state index contributed by atoms with van der Waals surface area (Å²) in [6.45, 7) is 2.84. The Morgan fingerprint density at radius 3 is 2.95 bits per heavy atom. The Labute approximate surface area is 124 Å². The number of hydrogen-bond donors (Lipinski definition) is 1. The van der Waals surface area contributed by atoms with E-state index < -0.39 is 0 Å². The van der Waals surface area contributed by atoms with E-state index in [1.54, 1.807) is 0 Å². The zero-order valence-corrected chi connectivity index (χ0v) is 12.1. The molecule has 0 amide bonds. The summed E-state index contributed by atoms with van der Waals surface area (Å²) < 4.78 is 5.30. The molecule has 21 heavy (non-hydrogen) atoms. The number of rotatable bonds is 5. The van der Waals surface area contributed by atoms with Gasteiger partial charge in [0.2, 0.25) is 11.7 Å². The lowest BCUT2D eigenvalue weighted by Gasteiger charge is -2.29. The highest BCUT2D eigenvalue weighted by Gasteiger charge is 2.17. The summed E-state index contributed by atoms with van der Waals surface area (Å²) in [5, 5.41) is 13.7. The molecule has 1 unspecified atom stereocenters. The quantitative estimate of drug-likeness (QED) is 0.912. The molecular weight excluding hydrogens is 266 g/mol. The number of piperidine rings is 1. The van der Waals surface area contributed by atoms with Gasteiger partial charge in [-0.05, 0) is 32.4 Å². The summed E-state index contributed by atoms with van der Waals surface area (Å²) >= 11 is 0. The second-order valence-corrected chi connectivity index (χ2v) is 5.58. The van der Waals surface area contributed by atoms with Gasteiger partial charge in [0.1, 0.15) is 0 Å². The zero-order chi connectivity index (χ0) is 14.5. The summed E-state index contributed by atoms with van der Waals surface area (Å²) in [5.41, 5.74) is 0.978. The van der Waals surface area contributed by atoms with Crippen LogP contribution in [0.15, 0.2) is 34.9 Å². The van der Waals surface area contributed by atoms with Gasteiger partial charge in [0.05, 0.1) is 6.10 Å². The predicted octanol–water partition coefficient (Wildman–Crippen LogP) is 2.13. The van der Waals surface area contributed by atoms with Crippen molar-refractivity contribution in [1.82, 2.24) is 15.0 Å². The monoisotopic (exact) mass is 287 g/mol. The van der Waals surface area contributed by atoms with E-state index in [0.717, 1.165) is 50.9 Å². The molecule has 0 spiro atoms. The average Bonchev–Trinajstić information content (AvgIpc) is 2.97. The lowest BCUT2D eigenvalue weighted by molar-refractivity contribution is 0.0699.